The number of halogens is 3. The molecule has 182 valence electrons. The highest BCUT2D eigenvalue weighted by Crippen LogP contribution is 2.26. The molecule has 33 heavy (non-hydrogen) atoms. The number of amides is 1. The molecule has 1 saturated heterocycles. The summed E-state index contributed by atoms with van der Waals surface area (Å²) >= 11 is 0. The highest BCUT2D eigenvalue weighted by atomic mass is 19.4. The van der Waals surface area contributed by atoms with Crippen LogP contribution in [0, 0.1) is 5.92 Å². The van der Waals surface area contributed by atoms with Crippen molar-refractivity contribution in [2.45, 2.75) is 65.7 Å². The maximum Gasteiger partial charge on any atom is 0.448 e. The first-order valence-electron chi connectivity index (χ1n) is 11.0. The molecule has 0 unspecified atom stereocenters. The van der Waals surface area contributed by atoms with Crippen LogP contribution in [0.25, 0.3) is 0 Å². The number of aliphatic imine (C=N–C) groups is 1. The summed E-state index contributed by atoms with van der Waals surface area (Å²) in [5.74, 6) is -1.66. The van der Waals surface area contributed by atoms with Crippen LogP contribution in [-0.4, -0.2) is 35.9 Å². The van der Waals surface area contributed by atoms with Gasteiger partial charge >= 0.3 is 6.18 Å². The maximum atomic E-state index is 13.1. The Morgan fingerprint density at radius 3 is 2.21 bits per heavy atom. The van der Waals surface area contributed by atoms with Crippen molar-refractivity contribution in [3.63, 3.8) is 0 Å². The van der Waals surface area contributed by atoms with Crippen molar-refractivity contribution in [3.05, 3.63) is 59.0 Å². The number of piperidine rings is 1. The lowest BCUT2D eigenvalue weighted by Gasteiger charge is -2.30. The molecule has 1 fully saturated rings. The number of likely N-dealkylation sites (tertiary alicyclic amines) is 1. The molecule has 1 aromatic carbocycles. The summed E-state index contributed by atoms with van der Waals surface area (Å²) in [7, 11) is 0. The van der Waals surface area contributed by atoms with Gasteiger partial charge in [0.25, 0.3) is 5.91 Å². The van der Waals surface area contributed by atoms with Crippen LogP contribution in [0.5, 0.6) is 0 Å². The quantitative estimate of drug-likeness (QED) is 0.199. The van der Waals surface area contributed by atoms with Crippen molar-refractivity contribution in [1.29, 1.82) is 0 Å². The molecule has 1 aliphatic heterocycles. The molecule has 0 aromatic heterocycles. The summed E-state index contributed by atoms with van der Waals surface area (Å²) in [6, 6.07) is 7.86. The number of nitrogens with two attached hydrogens (primary N) is 1. The van der Waals surface area contributed by atoms with E-state index in [4.69, 9.17) is 10.5 Å². The Balaban J connectivity index is 2.25. The minimum absolute atomic E-state index is 0.0141. The first-order valence-corrected chi connectivity index (χ1v) is 11.0. The van der Waals surface area contributed by atoms with E-state index in [2.05, 4.69) is 39.3 Å². The van der Waals surface area contributed by atoms with Crippen molar-refractivity contribution in [2.75, 3.05) is 13.1 Å². The summed E-state index contributed by atoms with van der Waals surface area (Å²) in [5.41, 5.74) is 6.92. The van der Waals surface area contributed by atoms with Crippen LogP contribution < -0.4 is 5.73 Å². The summed E-state index contributed by atoms with van der Waals surface area (Å²) in [6.45, 7) is 14.8. The number of allylic oxidation sites excluding steroid dienone is 1. The molecular formula is C25H34F3N3O2. The lowest BCUT2D eigenvalue weighted by Crippen LogP contribution is -2.40. The van der Waals surface area contributed by atoms with E-state index in [-0.39, 0.29) is 23.4 Å². The van der Waals surface area contributed by atoms with E-state index in [9.17, 15) is 18.0 Å². The smallest absolute Gasteiger partial charge is 0.448 e. The molecule has 2 rings (SSSR count). The number of nitrogens with zero attached hydrogens (tertiary/aromatic N) is 2. The summed E-state index contributed by atoms with van der Waals surface area (Å²) in [6.07, 6.45) is -3.30. The lowest BCUT2D eigenvalue weighted by molar-refractivity contribution is -0.128. The third-order valence-electron chi connectivity index (χ3n) is 5.80. The SMILES string of the molecule is C=C(OCc1ccc(C(C)(C)C)cc1)/C(C)=C(\N=C(/N)C(F)(F)F)C(=O)N1CCC(C)CC1. The molecule has 1 aliphatic rings. The zero-order valence-electron chi connectivity index (χ0n) is 20.1. The summed E-state index contributed by atoms with van der Waals surface area (Å²) in [4.78, 5) is 18.0. The Morgan fingerprint density at radius 1 is 1.18 bits per heavy atom. The molecule has 0 aliphatic carbocycles. The van der Waals surface area contributed by atoms with E-state index < -0.39 is 23.6 Å². The fourth-order valence-electron chi connectivity index (χ4n) is 3.35. The molecule has 0 bridgehead atoms. The van der Waals surface area contributed by atoms with E-state index in [1.54, 1.807) is 0 Å². The fraction of sp³-hybridized carbons (Fsp3) is 0.520. The number of alkyl halides is 3. The fourth-order valence-corrected chi connectivity index (χ4v) is 3.35. The topological polar surface area (TPSA) is 67.9 Å². The van der Waals surface area contributed by atoms with Gasteiger partial charge < -0.3 is 15.4 Å². The first kappa shape index (κ1) is 26.5. The minimum Gasteiger partial charge on any atom is -0.489 e. The molecule has 1 amide bonds. The van der Waals surface area contributed by atoms with Crippen LogP contribution in [-0.2, 0) is 21.6 Å². The van der Waals surface area contributed by atoms with Crippen molar-refractivity contribution in [1.82, 2.24) is 4.90 Å². The number of carbonyl (C=O) groups excluding carboxylic acids is 1. The number of benzene rings is 1. The average Bonchev–Trinajstić information content (AvgIpc) is 2.74. The minimum atomic E-state index is -4.85. The monoisotopic (exact) mass is 465 g/mol. The Bertz CT molecular complexity index is 918. The van der Waals surface area contributed by atoms with Gasteiger partial charge in [0.05, 0.1) is 0 Å². The first-order chi connectivity index (χ1) is 15.2. The number of hydrogen-bond acceptors (Lipinski definition) is 3. The van der Waals surface area contributed by atoms with Crippen LogP contribution >= 0.6 is 0 Å². The molecule has 5 nitrogen and oxygen atoms in total. The zero-order chi connectivity index (χ0) is 25.0. The Morgan fingerprint density at radius 2 is 1.73 bits per heavy atom. The Labute approximate surface area is 194 Å². The number of carbonyl (C=O) groups is 1. The molecule has 0 radical (unpaired) electrons. The maximum absolute atomic E-state index is 13.1. The van der Waals surface area contributed by atoms with Gasteiger partial charge in [0.1, 0.15) is 18.1 Å². The molecule has 8 heteroatoms. The van der Waals surface area contributed by atoms with E-state index in [0.29, 0.717) is 19.0 Å². The Hall–Kier alpha value is -2.77. The van der Waals surface area contributed by atoms with Gasteiger partial charge in [-0.25, -0.2) is 4.99 Å². The van der Waals surface area contributed by atoms with Gasteiger partial charge in [-0.15, -0.1) is 0 Å². The van der Waals surface area contributed by atoms with Crippen LogP contribution in [0.15, 0.2) is 52.9 Å². The second-order valence-electron chi connectivity index (χ2n) is 9.60. The third kappa shape index (κ3) is 7.37. The average molecular weight is 466 g/mol. The second kappa shape index (κ2) is 10.4. The molecule has 0 saturated carbocycles. The van der Waals surface area contributed by atoms with Crippen LogP contribution in [0.1, 0.15) is 58.6 Å². The van der Waals surface area contributed by atoms with Gasteiger partial charge in [0.2, 0.25) is 5.84 Å². The Kier molecular flexibility index (Phi) is 8.38. The van der Waals surface area contributed by atoms with E-state index >= 15 is 0 Å². The molecule has 1 aromatic rings. The highest BCUT2D eigenvalue weighted by Gasteiger charge is 2.35. The lowest BCUT2D eigenvalue weighted by atomic mass is 9.87. The van der Waals surface area contributed by atoms with E-state index in [1.165, 1.54) is 17.4 Å². The van der Waals surface area contributed by atoms with E-state index in [0.717, 1.165) is 18.4 Å². The number of ether oxygens (including phenoxy) is 1. The van der Waals surface area contributed by atoms with Gasteiger partial charge in [-0.2, -0.15) is 13.2 Å². The van der Waals surface area contributed by atoms with Gasteiger partial charge in [0.15, 0.2) is 0 Å². The molecule has 0 atom stereocenters. The summed E-state index contributed by atoms with van der Waals surface area (Å²) < 4.78 is 44.9. The van der Waals surface area contributed by atoms with Crippen molar-refractivity contribution >= 4 is 11.7 Å². The standard InChI is InChI=1S/C25H34F3N3O2/c1-16-11-13-31(14-12-16)22(32)21(30-23(29)25(26,27)28)17(2)18(3)33-15-19-7-9-20(10-8-19)24(4,5)6/h7-10,16H,3,11-15H2,1-2,4-6H3,(H2,29,30)/b21-17-. The van der Waals surface area contributed by atoms with Crippen LogP contribution in [0.4, 0.5) is 13.2 Å². The van der Waals surface area contributed by atoms with Gasteiger partial charge in [-0.3, -0.25) is 4.79 Å². The normalized spacial score (nSPS) is 17.0. The largest absolute Gasteiger partial charge is 0.489 e. The second-order valence-corrected chi connectivity index (χ2v) is 9.60. The van der Waals surface area contributed by atoms with Crippen molar-refractivity contribution in [2.24, 2.45) is 16.6 Å². The molecule has 2 N–H and O–H groups in total. The number of rotatable bonds is 6. The zero-order valence-corrected chi connectivity index (χ0v) is 20.1. The number of amidine groups is 1. The molecular weight excluding hydrogens is 431 g/mol. The van der Waals surface area contributed by atoms with Crippen LogP contribution in [0.3, 0.4) is 0 Å². The molecule has 1 heterocycles. The van der Waals surface area contributed by atoms with Gasteiger partial charge in [-0.1, -0.05) is 58.5 Å². The number of hydrogen-bond donors (Lipinski definition) is 1. The van der Waals surface area contributed by atoms with E-state index in [1.807, 2.05) is 24.3 Å². The third-order valence-corrected chi connectivity index (χ3v) is 5.80. The summed E-state index contributed by atoms with van der Waals surface area (Å²) in [5, 5.41) is 0. The van der Waals surface area contributed by atoms with Crippen molar-refractivity contribution in [3.8, 4) is 0 Å². The highest BCUT2D eigenvalue weighted by molar-refractivity contribution is 5.99. The van der Waals surface area contributed by atoms with Gasteiger partial charge in [0, 0.05) is 18.7 Å². The predicted molar refractivity (Wildman–Crippen MR) is 124 cm³/mol. The van der Waals surface area contributed by atoms with Crippen molar-refractivity contribution < 1.29 is 22.7 Å². The molecule has 0 spiro atoms. The van der Waals surface area contributed by atoms with Gasteiger partial charge in [-0.05, 0) is 42.2 Å². The van der Waals surface area contributed by atoms with Crippen LogP contribution in [0.2, 0.25) is 0 Å². The predicted octanol–water partition coefficient (Wildman–Crippen LogP) is 5.47.